The zero-order chi connectivity index (χ0) is 22.9. The van der Waals surface area contributed by atoms with Crippen molar-refractivity contribution in [2.75, 3.05) is 5.32 Å². The van der Waals surface area contributed by atoms with Crippen LogP contribution in [-0.4, -0.2) is 10.9 Å². The van der Waals surface area contributed by atoms with Gasteiger partial charge in [0.25, 0.3) is 5.91 Å². The maximum atomic E-state index is 13.1. The van der Waals surface area contributed by atoms with Crippen LogP contribution < -0.4 is 5.32 Å². The molecule has 0 aliphatic rings. The van der Waals surface area contributed by atoms with E-state index in [-0.39, 0.29) is 22.2 Å². The summed E-state index contributed by atoms with van der Waals surface area (Å²) in [5, 5.41) is 2.37. The Balaban J connectivity index is 1.65. The average molecular weight is 461 g/mol. The lowest BCUT2D eigenvalue weighted by Gasteiger charge is -2.12. The maximum absolute atomic E-state index is 13.1. The van der Waals surface area contributed by atoms with Crippen molar-refractivity contribution in [1.82, 2.24) is 4.98 Å². The SMILES string of the molecule is O=C(Nc1cc(C(F)(F)F)ccc1Cl)c1ccccc1-c1ncc(-c2ccc(F)cc2)o1. The van der Waals surface area contributed by atoms with Crippen LogP contribution in [0.25, 0.3) is 22.8 Å². The van der Waals surface area contributed by atoms with Gasteiger partial charge in [0.05, 0.1) is 28.0 Å². The number of aromatic nitrogens is 1. The van der Waals surface area contributed by atoms with Gasteiger partial charge < -0.3 is 9.73 Å². The summed E-state index contributed by atoms with van der Waals surface area (Å²) in [5.41, 5.74) is -0.0967. The third kappa shape index (κ3) is 4.50. The molecule has 0 radical (unpaired) electrons. The number of alkyl halides is 3. The summed E-state index contributed by atoms with van der Waals surface area (Å²) in [5.74, 6) is -0.617. The molecule has 0 saturated heterocycles. The zero-order valence-electron chi connectivity index (χ0n) is 16.1. The number of hydrogen-bond acceptors (Lipinski definition) is 3. The van der Waals surface area contributed by atoms with E-state index >= 15 is 0 Å². The van der Waals surface area contributed by atoms with Gasteiger partial charge in [-0.25, -0.2) is 9.37 Å². The monoisotopic (exact) mass is 460 g/mol. The smallest absolute Gasteiger partial charge is 0.416 e. The molecule has 0 atom stereocenters. The van der Waals surface area contributed by atoms with E-state index < -0.39 is 23.5 Å². The Labute approximate surface area is 184 Å². The molecule has 4 nitrogen and oxygen atoms in total. The first-order chi connectivity index (χ1) is 15.2. The molecule has 162 valence electrons. The van der Waals surface area contributed by atoms with Crippen molar-refractivity contribution in [2.24, 2.45) is 0 Å². The fourth-order valence-corrected chi connectivity index (χ4v) is 3.17. The van der Waals surface area contributed by atoms with Gasteiger partial charge in [0.15, 0.2) is 5.76 Å². The summed E-state index contributed by atoms with van der Waals surface area (Å²) in [6.45, 7) is 0. The number of halogens is 5. The maximum Gasteiger partial charge on any atom is 0.416 e. The Bertz CT molecular complexity index is 1280. The van der Waals surface area contributed by atoms with Crippen molar-refractivity contribution in [2.45, 2.75) is 6.18 Å². The third-order valence-electron chi connectivity index (χ3n) is 4.58. The second-order valence-electron chi connectivity index (χ2n) is 6.73. The Kier molecular flexibility index (Phi) is 5.71. The number of rotatable bonds is 4. The molecule has 3 aromatic carbocycles. The van der Waals surface area contributed by atoms with Crippen LogP contribution in [0.2, 0.25) is 5.02 Å². The van der Waals surface area contributed by atoms with Crippen molar-refractivity contribution >= 4 is 23.2 Å². The Morgan fingerprint density at radius 1 is 1.00 bits per heavy atom. The van der Waals surface area contributed by atoms with Gasteiger partial charge in [-0.15, -0.1) is 0 Å². The molecular weight excluding hydrogens is 448 g/mol. The van der Waals surface area contributed by atoms with E-state index in [9.17, 15) is 22.4 Å². The number of hydrogen-bond donors (Lipinski definition) is 1. The van der Waals surface area contributed by atoms with Crippen LogP contribution in [0.3, 0.4) is 0 Å². The molecule has 0 fully saturated rings. The minimum absolute atomic E-state index is 0.0430. The number of nitrogens with zero attached hydrogens (tertiary/aromatic N) is 1. The molecule has 0 spiro atoms. The van der Waals surface area contributed by atoms with Gasteiger partial charge in [0.2, 0.25) is 5.89 Å². The molecule has 0 aliphatic heterocycles. The molecular formula is C23H13ClF4N2O2. The van der Waals surface area contributed by atoms with E-state index in [4.69, 9.17) is 16.0 Å². The molecule has 4 aromatic rings. The summed E-state index contributed by atoms with van der Waals surface area (Å²) in [6, 6.07) is 14.6. The number of nitrogens with one attached hydrogen (secondary N) is 1. The predicted molar refractivity (Wildman–Crippen MR) is 112 cm³/mol. The zero-order valence-corrected chi connectivity index (χ0v) is 16.8. The Hall–Kier alpha value is -3.65. The molecule has 0 saturated carbocycles. The summed E-state index contributed by atoms with van der Waals surface area (Å²) < 4.78 is 57.9. The molecule has 0 bridgehead atoms. The van der Waals surface area contributed by atoms with E-state index in [1.165, 1.54) is 36.5 Å². The van der Waals surface area contributed by atoms with Gasteiger partial charge in [-0.3, -0.25) is 4.79 Å². The summed E-state index contributed by atoms with van der Waals surface area (Å²) in [7, 11) is 0. The van der Waals surface area contributed by atoms with E-state index in [1.54, 1.807) is 18.2 Å². The second kappa shape index (κ2) is 8.47. The first-order valence-electron chi connectivity index (χ1n) is 9.21. The highest BCUT2D eigenvalue weighted by Crippen LogP contribution is 2.34. The number of amides is 1. The lowest BCUT2D eigenvalue weighted by Crippen LogP contribution is -2.14. The number of carbonyl (C=O) groups excluding carboxylic acids is 1. The fourth-order valence-electron chi connectivity index (χ4n) is 3.00. The average Bonchev–Trinajstić information content (AvgIpc) is 3.25. The van der Waals surface area contributed by atoms with Crippen LogP contribution in [0.1, 0.15) is 15.9 Å². The highest BCUT2D eigenvalue weighted by molar-refractivity contribution is 6.34. The minimum atomic E-state index is -4.59. The van der Waals surface area contributed by atoms with Gasteiger partial charge in [-0.1, -0.05) is 23.7 Å². The van der Waals surface area contributed by atoms with Crippen LogP contribution in [0.4, 0.5) is 23.2 Å². The highest BCUT2D eigenvalue weighted by Gasteiger charge is 2.31. The van der Waals surface area contributed by atoms with Gasteiger partial charge >= 0.3 is 6.18 Å². The van der Waals surface area contributed by atoms with E-state index in [2.05, 4.69) is 10.3 Å². The van der Waals surface area contributed by atoms with Crippen LogP contribution in [0, 0.1) is 5.82 Å². The summed E-state index contributed by atoms with van der Waals surface area (Å²) in [6.07, 6.45) is -3.16. The summed E-state index contributed by atoms with van der Waals surface area (Å²) in [4.78, 5) is 17.1. The third-order valence-corrected chi connectivity index (χ3v) is 4.91. The van der Waals surface area contributed by atoms with E-state index in [0.29, 0.717) is 16.9 Å². The van der Waals surface area contributed by atoms with Gasteiger partial charge in [0.1, 0.15) is 5.82 Å². The van der Waals surface area contributed by atoms with Gasteiger partial charge in [0, 0.05) is 11.1 Å². The van der Waals surface area contributed by atoms with Crippen molar-refractivity contribution in [3.63, 3.8) is 0 Å². The largest absolute Gasteiger partial charge is 0.436 e. The number of benzene rings is 3. The molecule has 9 heteroatoms. The predicted octanol–water partition coefficient (Wildman–Crippen LogP) is 7.07. The Morgan fingerprint density at radius 2 is 1.72 bits per heavy atom. The van der Waals surface area contributed by atoms with Crippen molar-refractivity contribution in [1.29, 1.82) is 0 Å². The van der Waals surface area contributed by atoms with Crippen LogP contribution in [-0.2, 0) is 6.18 Å². The standard InChI is InChI=1S/C23H13ClF4N2O2/c24-18-10-7-14(23(26,27)28)11-19(18)30-21(31)16-3-1-2-4-17(16)22-29-12-20(32-22)13-5-8-15(25)9-6-13/h1-12H,(H,30,31). The van der Waals surface area contributed by atoms with E-state index in [1.807, 2.05) is 0 Å². The topological polar surface area (TPSA) is 55.1 Å². The molecule has 32 heavy (non-hydrogen) atoms. The first-order valence-corrected chi connectivity index (χ1v) is 9.59. The van der Waals surface area contributed by atoms with Crippen LogP contribution in [0.15, 0.2) is 77.3 Å². The second-order valence-corrected chi connectivity index (χ2v) is 7.14. The molecule has 1 aromatic heterocycles. The van der Waals surface area contributed by atoms with E-state index in [0.717, 1.165) is 18.2 Å². The lowest BCUT2D eigenvalue weighted by molar-refractivity contribution is -0.137. The molecule has 4 rings (SSSR count). The number of anilines is 1. The van der Waals surface area contributed by atoms with Crippen molar-refractivity contribution in [3.05, 3.63) is 94.9 Å². The van der Waals surface area contributed by atoms with Crippen molar-refractivity contribution < 1.29 is 26.8 Å². The van der Waals surface area contributed by atoms with Gasteiger partial charge in [-0.05, 0) is 54.6 Å². The normalized spacial score (nSPS) is 11.4. The van der Waals surface area contributed by atoms with Gasteiger partial charge in [-0.2, -0.15) is 13.2 Å². The molecule has 1 heterocycles. The number of carbonyl (C=O) groups is 1. The first kappa shape index (κ1) is 21.6. The van der Waals surface area contributed by atoms with Crippen LogP contribution >= 0.6 is 11.6 Å². The Morgan fingerprint density at radius 3 is 2.44 bits per heavy atom. The lowest BCUT2D eigenvalue weighted by atomic mass is 10.1. The van der Waals surface area contributed by atoms with Crippen molar-refractivity contribution in [3.8, 4) is 22.8 Å². The fraction of sp³-hybridized carbons (Fsp3) is 0.0435. The highest BCUT2D eigenvalue weighted by atomic mass is 35.5. The summed E-state index contributed by atoms with van der Waals surface area (Å²) >= 11 is 5.98. The molecule has 0 unspecified atom stereocenters. The quantitative estimate of drug-likeness (QED) is 0.331. The van der Waals surface area contributed by atoms with Crippen LogP contribution in [0.5, 0.6) is 0 Å². The molecule has 1 N–H and O–H groups in total. The molecule has 0 aliphatic carbocycles. The number of oxazole rings is 1. The minimum Gasteiger partial charge on any atom is -0.436 e. The molecule has 1 amide bonds.